The summed E-state index contributed by atoms with van der Waals surface area (Å²) in [5, 5.41) is 10.3. The van der Waals surface area contributed by atoms with Gasteiger partial charge >= 0.3 is 0 Å². The van der Waals surface area contributed by atoms with Crippen molar-refractivity contribution in [3.8, 4) is 0 Å². The smallest absolute Gasteiger partial charge is 0.285 e. The van der Waals surface area contributed by atoms with Crippen molar-refractivity contribution < 1.29 is 9.59 Å². The number of nitrogen functional groups attached to an aromatic ring is 1. The second-order valence-electron chi connectivity index (χ2n) is 3.02. The van der Waals surface area contributed by atoms with Crippen LogP contribution in [0.5, 0.6) is 0 Å². The average molecular weight is 227 g/mol. The fraction of sp³-hybridized carbons (Fsp3) is 0.429. The molecule has 1 aromatic rings. The Labute approximate surface area is 89.3 Å². The van der Waals surface area contributed by atoms with E-state index >= 15 is 0 Å². The maximum absolute atomic E-state index is 11.8. The molecule has 7 nitrogen and oxygen atoms in total. The lowest BCUT2D eigenvalue weighted by Crippen LogP contribution is -2.49. The van der Waals surface area contributed by atoms with Crippen LogP contribution in [0.25, 0.3) is 0 Å². The van der Waals surface area contributed by atoms with Gasteiger partial charge in [-0.2, -0.15) is 0 Å². The summed E-state index contributed by atoms with van der Waals surface area (Å²) in [6, 6.07) is 0. The SMILES string of the molecule is Nc1nnc(C(=O)N2CCNC(=O)C2)s1. The van der Waals surface area contributed by atoms with Crippen molar-refractivity contribution in [2.24, 2.45) is 0 Å². The van der Waals surface area contributed by atoms with Gasteiger partial charge in [-0.15, -0.1) is 10.2 Å². The Hall–Kier alpha value is -1.70. The Bertz CT molecular complexity index is 404. The zero-order valence-corrected chi connectivity index (χ0v) is 8.58. The van der Waals surface area contributed by atoms with Gasteiger partial charge in [-0.1, -0.05) is 11.3 Å². The van der Waals surface area contributed by atoms with E-state index in [1.54, 1.807) is 0 Å². The molecule has 1 aliphatic heterocycles. The second-order valence-corrected chi connectivity index (χ2v) is 4.03. The van der Waals surface area contributed by atoms with E-state index in [-0.39, 0.29) is 28.5 Å². The van der Waals surface area contributed by atoms with E-state index in [2.05, 4.69) is 15.5 Å². The van der Waals surface area contributed by atoms with Gasteiger partial charge in [-0.05, 0) is 0 Å². The number of hydrogen-bond donors (Lipinski definition) is 2. The van der Waals surface area contributed by atoms with Crippen LogP contribution in [0.4, 0.5) is 5.13 Å². The lowest BCUT2D eigenvalue weighted by molar-refractivity contribution is -0.123. The van der Waals surface area contributed by atoms with Gasteiger partial charge in [-0.3, -0.25) is 9.59 Å². The number of nitrogens with two attached hydrogens (primary N) is 1. The summed E-state index contributed by atoms with van der Waals surface area (Å²) in [5.41, 5.74) is 5.37. The molecular formula is C7H9N5O2S. The molecule has 2 amide bonds. The Balaban J connectivity index is 2.10. The first kappa shape index (κ1) is 9.84. The van der Waals surface area contributed by atoms with Crippen LogP contribution in [0, 0.1) is 0 Å². The predicted molar refractivity (Wildman–Crippen MR) is 53.2 cm³/mol. The fourth-order valence-corrected chi connectivity index (χ4v) is 1.85. The first-order chi connectivity index (χ1) is 7.16. The highest BCUT2D eigenvalue weighted by atomic mass is 32.1. The Morgan fingerprint density at radius 1 is 1.53 bits per heavy atom. The van der Waals surface area contributed by atoms with Gasteiger partial charge in [0.05, 0.1) is 6.54 Å². The lowest BCUT2D eigenvalue weighted by atomic mass is 10.3. The molecule has 0 saturated carbocycles. The zero-order chi connectivity index (χ0) is 10.8. The van der Waals surface area contributed by atoms with Gasteiger partial charge in [0.1, 0.15) is 0 Å². The monoisotopic (exact) mass is 227 g/mol. The molecule has 0 unspecified atom stereocenters. The van der Waals surface area contributed by atoms with Crippen LogP contribution in [-0.2, 0) is 4.79 Å². The van der Waals surface area contributed by atoms with E-state index in [1.807, 2.05) is 0 Å². The van der Waals surface area contributed by atoms with Crippen molar-refractivity contribution >= 4 is 28.3 Å². The summed E-state index contributed by atoms with van der Waals surface area (Å²) in [5.74, 6) is -0.453. The Morgan fingerprint density at radius 2 is 2.33 bits per heavy atom. The van der Waals surface area contributed by atoms with E-state index in [0.717, 1.165) is 11.3 Å². The average Bonchev–Trinajstić information content (AvgIpc) is 2.64. The number of anilines is 1. The molecule has 1 fully saturated rings. The van der Waals surface area contributed by atoms with E-state index in [0.29, 0.717) is 13.1 Å². The van der Waals surface area contributed by atoms with Crippen molar-refractivity contribution in [2.75, 3.05) is 25.4 Å². The minimum absolute atomic E-state index is 0.0678. The van der Waals surface area contributed by atoms with Crippen LogP contribution in [0.3, 0.4) is 0 Å². The molecule has 2 rings (SSSR count). The first-order valence-electron chi connectivity index (χ1n) is 4.32. The van der Waals surface area contributed by atoms with Crippen LogP contribution in [0.2, 0.25) is 0 Å². The number of nitrogens with zero attached hydrogens (tertiary/aromatic N) is 3. The molecule has 0 spiro atoms. The van der Waals surface area contributed by atoms with Gasteiger partial charge < -0.3 is 16.0 Å². The summed E-state index contributed by atoms with van der Waals surface area (Å²) in [6.45, 7) is 1.03. The third-order valence-electron chi connectivity index (χ3n) is 1.95. The molecule has 0 radical (unpaired) electrons. The van der Waals surface area contributed by atoms with Crippen LogP contribution in [0.15, 0.2) is 0 Å². The van der Waals surface area contributed by atoms with E-state index < -0.39 is 0 Å². The highest BCUT2D eigenvalue weighted by Gasteiger charge is 2.24. The van der Waals surface area contributed by atoms with E-state index in [1.165, 1.54) is 4.90 Å². The largest absolute Gasteiger partial charge is 0.374 e. The van der Waals surface area contributed by atoms with E-state index in [4.69, 9.17) is 5.73 Å². The quantitative estimate of drug-likeness (QED) is 0.620. The highest BCUT2D eigenvalue weighted by Crippen LogP contribution is 2.13. The number of nitrogens with one attached hydrogen (secondary N) is 1. The number of carbonyl (C=O) groups excluding carboxylic acids is 2. The van der Waals surface area contributed by atoms with Crippen molar-refractivity contribution in [2.45, 2.75) is 0 Å². The molecule has 1 saturated heterocycles. The van der Waals surface area contributed by atoms with Crippen molar-refractivity contribution in [1.82, 2.24) is 20.4 Å². The number of piperazine rings is 1. The third kappa shape index (κ3) is 2.04. The second kappa shape index (κ2) is 3.81. The van der Waals surface area contributed by atoms with Gasteiger partial charge in [0, 0.05) is 13.1 Å². The molecule has 1 aromatic heterocycles. The molecule has 0 aromatic carbocycles. The molecular weight excluding hydrogens is 218 g/mol. The van der Waals surface area contributed by atoms with Crippen LogP contribution < -0.4 is 11.1 Å². The van der Waals surface area contributed by atoms with Gasteiger partial charge in [0.25, 0.3) is 5.91 Å². The number of hydrogen-bond acceptors (Lipinski definition) is 6. The normalized spacial score (nSPS) is 16.3. The fourth-order valence-electron chi connectivity index (χ4n) is 1.27. The van der Waals surface area contributed by atoms with Crippen LogP contribution in [-0.4, -0.2) is 46.5 Å². The van der Waals surface area contributed by atoms with Crippen molar-refractivity contribution in [3.63, 3.8) is 0 Å². The number of rotatable bonds is 1. The molecule has 8 heteroatoms. The Kier molecular flexibility index (Phi) is 2.50. The maximum atomic E-state index is 11.8. The number of aromatic nitrogens is 2. The predicted octanol–water partition coefficient (Wildman–Crippen LogP) is -1.31. The highest BCUT2D eigenvalue weighted by molar-refractivity contribution is 7.16. The number of carbonyl (C=O) groups is 2. The standard InChI is InChI=1S/C7H9N5O2S/c8-7-11-10-5(15-7)6(14)12-2-1-9-4(13)3-12/h1-3H2,(H2,8,11)(H,9,13). The maximum Gasteiger partial charge on any atom is 0.285 e. The molecule has 15 heavy (non-hydrogen) atoms. The molecule has 0 aliphatic carbocycles. The molecule has 0 bridgehead atoms. The van der Waals surface area contributed by atoms with Gasteiger partial charge in [0.15, 0.2) is 0 Å². The molecule has 1 aliphatic rings. The van der Waals surface area contributed by atoms with Crippen LogP contribution >= 0.6 is 11.3 Å². The molecule has 80 valence electrons. The topological polar surface area (TPSA) is 101 Å². The molecule has 2 heterocycles. The summed E-state index contributed by atoms with van der Waals surface area (Å²) in [4.78, 5) is 24.2. The van der Waals surface area contributed by atoms with Gasteiger partial charge in [0.2, 0.25) is 16.0 Å². The minimum atomic E-state index is -0.293. The first-order valence-corrected chi connectivity index (χ1v) is 5.13. The van der Waals surface area contributed by atoms with Crippen molar-refractivity contribution in [3.05, 3.63) is 5.01 Å². The summed E-state index contributed by atoms with van der Waals surface area (Å²) in [7, 11) is 0. The van der Waals surface area contributed by atoms with Crippen molar-refractivity contribution in [1.29, 1.82) is 0 Å². The van der Waals surface area contributed by atoms with Crippen LogP contribution in [0.1, 0.15) is 9.80 Å². The minimum Gasteiger partial charge on any atom is -0.374 e. The molecule has 0 atom stereocenters. The zero-order valence-electron chi connectivity index (χ0n) is 7.77. The van der Waals surface area contributed by atoms with Gasteiger partial charge in [-0.25, -0.2) is 0 Å². The summed E-state index contributed by atoms with van der Waals surface area (Å²) < 4.78 is 0. The van der Waals surface area contributed by atoms with E-state index in [9.17, 15) is 9.59 Å². The Morgan fingerprint density at radius 3 is 2.93 bits per heavy atom. The molecule has 3 N–H and O–H groups in total. The number of amides is 2. The summed E-state index contributed by atoms with van der Waals surface area (Å²) >= 11 is 1.02. The summed E-state index contributed by atoms with van der Waals surface area (Å²) in [6.07, 6.45) is 0. The lowest BCUT2D eigenvalue weighted by Gasteiger charge is -2.25. The third-order valence-corrected chi connectivity index (χ3v) is 2.69.